The Morgan fingerprint density at radius 3 is 2.70 bits per heavy atom. The van der Waals surface area contributed by atoms with Crippen molar-refractivity contribution < 1.29 is 9.53 Å². The van der Waals surface area contributed by atoms with E-state index < -0.39 is 0 Å². The van der Waals surface area contributed by atoms with Crippen molar-refractivity contribution in [3.8, 4) is 5.75 Å². The second-order valence-electron chi connectivity index (χ2n) is 5.36. The van der Waals surface area contributed by atoms with Crippen LogP contribution >= 0.6 is 0 Å². The van der Waals surface area contributed by atoms with Crippen molar-refractivity contribution >= 4 is 5.91 Å². The molecule has 0 aliphatic carbocycles. The monoisotopic (exact) mass is 276 g/mol. The molecule has 1 fully saturated rings. The maximum atomic E-state index is 12.2. The molecular formula is C16H24N2O2. The minimum absolute atomic E-state index is 0.0606. The first-order valence-corrected chi connectivity index (χ1v) is 7.36. The van der Waals surface area contributed by atoms with E-state index in [4.69, 9.17) is 4.74 Å². The van der Waals surface area contributed by atoms with E-state index in [0.29, 0.717) is 6.04 Å². The van der Waals surface area contributed by atoms with Crippen molar-refractivity contribution in [1.82, 2.24) is 10.2 Å². The van der Waals surface area contributed by atoms with Gasteiger partial charge in [0.25, 0.3) is 5.91 Å². The molecular weight excluding hydrogens is 252 g/mol. The van der Waals surface area contributed by atoms with Crippen LogP contribution in [0.25, 0.3) is 0 Å². The van der Waals surface area contributed by atoms with Crippen molar-refractivity contribution in [3.05, 3.63) is 29.8 Å². The fraction of sp³-hybridized carbons (Fsp3) is 0.562. The molecule has 2 rings (SSSR count). The second kappa shape index (κ2) is 6.75. The molecule has 0 spiro atoms. The van der Waals surface area contributed by atoms with Crippen LogP contribution in [0.5, 0.6) is 5.75 Å². The maximum absolute atomic E-state index is 12.2. The number of carbonyl (C=O) groups excluding carboxylic acids is 1. The van der Waals surface area contributed by atoms with Crippen LogP contribution in [0.15, 0.2) is 24.3 Å². The SMILES string of the molecule is CCc1ccc(OCC(=O)N2CCNC(C)C2C)cc1. The molecule has 1 amide bonds. The number of aryl methyl sites for hydroxylation is 1. The number of benzene rings is 1. The van der Waals surface area contributed by atoms with Crippen molar-refractivity contribution in [2.75, 3.05) is 19.7 Å². The Morgan fingerprint density at radius 2 is 2.05 bits per heavy atom. The molecule has 4 nitrogen and oxygen atoms in total. The summed E-state index contributed by atoms with van der Waals surface area (Å²) < 4.78 is 5.59. The van der Waals surface area contributed by atoms with Crippen LogP contribution in [0.1, 0.15) is 26.3 Å². The Hall–Kier alpha value is -1.55. The highest BCUT2D eigenvalue weighted by Crippen LogP contribution is 2.14. The molecule has 1 aliphatic heterocycles. The highest BCUT2D eigenvalue weighted by Gasteiger charge is 2.28. The minimum atomic E-state index is 0.0606. The molecule has 1 saturated heterocycles. The summed E-state index contributed by atoms with van der Waals surface area (Å²) in [5.74, 6) is 0.816. The van der Waals surface area contributed by atoms with Crippen LogP contribution in [0, 0.1) is 0 Å². The zero-order chi connectivity index (χ0) is 14.5. The first-order valence-electron chi connectivity index (χ1n) is 7.36. The molecule has 1 heterocycles. The maximum Gasteiger partial charge on any atom is 0.260 e. The van der Waals surface area contributed by atoms with Crippen molar-refractivity contribution in [2.45, 2.75) is 39.3 Å². The highest BCUT2D eigenvalue weighted by atomic mass is 16.5. The van der Waals surface area contributed by atoms with E-state index >= 15 is 0 Å². The van der Waals surface area contributed by atoms with Crippen LogP contribution in [0.2, 0.25) is 0 Å². The number of rotatable bonds is 4. The van der Waals surface area contributed by atoms with Crippen LogP contribution in [-0.4, -0.2) is 42.6 Å². The highest BCUT2D eigenvalue weighted by molar-refractivity contribution is 5.78. The number of nitrogens with zero attached hydrogens (tertiary/aromatic N) is 1. The van der Waals surface area contributed by atoms with E-state index in [2.05, 4.69) is 26.1 Å². The Labute approximate surface area is 121 Å². The van der Waals surface area contributed by atoms with Gasteiger partial charge in [0, 0.05) is 25.2 Å². The first-order chi connectivity index (χ1) is 9.61. The standard InChI is InChI=1S/C16H24N2O2/c1-4-14-5-7-15(8-6-14)20-11-16(19)18-10-9-17-12(2)13(18)3/h5-8,12-13,17H,4,9-11H2,1-3H3. The van der Waals surface area contributed by atoms with Gasteiger partial charge >= 0.3 is 0 Å². The number of piperazine rings is 1. The molecule has 0 aromatic heterocycles. The molecule has 1 N–H and O–H groups in total. The van der Waals surface area contributed by atoms with Crippen LogP contribution in [0.4, 0.5) is 0 Å². The van der Waals surface area contributed by atoms with Gasteiger partial charge in [-0.25, -0.2) is 0 Å². The van der Waals surface area contributed by atoms with Gasteiger partial charge in [0.05, 0.1) is 0 Å². The third-order valence-corrected chi connectivity index (χ3v) is 4.05. The van der Waals surface area contributed by atoms with Crippen LogP contribution in [-0.2, 0) is 11.2 Å². The Balaban J connectivity index is 1.87. The van der Waals surface area contributed by atoms with E-state index in [1.54, 1.807) is 0 Å². The summed E-state index contributed by atoms with van der Waals surface area (Å²) in [5.41, 5.74) is 1.27. The Kier molecular flexibility index (Phi) is 5.01. The van der Waals surface area contributed by atoms with E-state index in [1.165, 1.54) is 5.56 Å². The first kappa shape index (κ1) is 14.9. The molecule has 0 saturated carbocycles. The second-order valence-corrected chi connectivity index (χ2v) is 5.36. The lowest BCUT2D eigenvalue weighted by atomic mass is 10.1. The Morgan fingerprint density at radius 1 is 1.35 bits per heavy atom. The quantitative estimate of drug-likeness (QED) is 0.912. The van der Waals surface area contributed by atoms with Crippen molar-refractivity contribution in [3.63, 3.8) is 0 Å². The van der Waals surface area contributed by atoms with Gasteiger partial charge < -0.3 is 15.0 Å². The third-order valence-electron chi connectivity index (χ3n) is 4.05. The topological polar surface area (TPSA) is 41.6 Å². The normalized spacial score (nSPS) is 22.6. The predicted octanol–water partition coefficient (Wildman–Crippen LogP) is 1.84. The van der Waals surface area contributed by atoms with Gasteiger partial charge in [-0.15, -0.1) is 0 Å². The van der Waals surface area contributed by atoms with E-state index in [1.807, 2.05) is 29.2 Å². The van der Waals surface area contributed by atoms with Gasteiger partial charge in [0.1, 0.15) is 5.75 Å². The van der Waals surface area contributed by atoms with E-state index in [0.717, 1.165) is 25.3 Å². The lowest BCUT2D eigenvalue weighted by Gasteiger charge is -2.38. The fourth-order valence-corrected chi connectivity index (χ4v) is 2.46. The Bertz CT molecular complexity index is 444. The average molecular weight is 276 g/mol. The number of ether oxygens (including phenoxy) is 1. The zero-order valence-electron chi connectivity index (χ0n) is 12.6. The largest absolute Gasteiger partial charge is 0.484 e. The molecule has 0 bridgehead atoms. The van der Waals surface area contributed by atoms with Gasteiger partial charge in [-0.1, -0.05) is 19.1 Å². The van der Waals surface area contributed by atoms with E-state index in [-0.39, 0.29) is 18.6 Å². The summed E-state index contributed by atoms with van der Waals surface area (Å²) in [6.07, 6.45) is 1.01. The molecule has 0 radical (unpaired) electrons. The minimum Gasteiger partial charge on any atom is -0.484 e. The number of nitrogens with one attached hydrogen (secondary N) is 1. The molecule has 2 atom stereocenters. The molecule has 1 aliphatic rings. The van der Waals surface area contributed by atoms with Gasteiger partial charge in [0.15, 0.2) is 6.61 Å². The van der Waals surface area contributed by atoms with Gasteiger partial charge in [-0.3, -0.25) is 4.79 Å². The zero-order valence-corrected chi connectivity index (χ0v) is 12.6. The average Bonchev–Trinajstić information content (AvgIpc) is 2.48. The summed E-state index contributed by atoms with van der Waals surface area (Å²) in [5, 5.41) is 3.37. The molecule has 20 heavy (non-hydrogen) atoms. The van der Waals surface area contributed by atoms with Gasteiger partial charge in [0.2, 0.25) is 0 Å². The van der Waals surface area contributed by atoms with Crippen LogP contribution in [0.3, 0.4) is 0 Å². The molecule has 1 aromatic rings. The van der Waals surface area contributed by atoms with Gasteiger partial charge in [-0.2, -0.15) is 0 Å². The summed E-state index contributed by atoms with van der Waals surface area (Å²) in [4.78, 5) is 14.1. The lowest BCUT2D eigenvalue weighted by molar-refractivity contribution is -0.137. The summed E-state index contributed by atoms with van der Waals surface area (Å²) in [6.45, 7) is 8.01. The van der Waals surface area contributed by atoms with E-state index in [9.17, 15) is 4.79 Å². The summed E-state index contributed by atoms with van der Waals surface area (Å²) in [7, 11) is 0. The lowest BCUT2D eigenvalue weighted by Crippen LogP contribution is -2.58. The third kappa shape index (κ3) is 3.51. The van der Waals surface area contributed by atoms with Crippen LogP contribution < -0.4 is 10.1 Å². The summed E-state index contributed by atoms with van der Waals surface area (Å²) >= 11 is 0. The smallest absolute Gasteiger partial charge is 0.260 e. The fourth-order valence-electron chi connectivity index (χ4n) is 2.46. The number of hydrogen-bond acceptors (Lipinski definition) is 3. The molecule has 110 valence electrons. The number of carbonyl (C=O) groups is 1. The molecule has 4 heteroatoms. The summed E-state index contributed by atoms with van der Waals surface area (Å²) in [6, 6.07) is 8.47. The van der Waals surface area contributed by atoms with Gasteiger partial charge in [-0.05, 0) is 38.0 Å². The number of hydrogen-bond donors (Lipinski definition) is 1. The predicted molar refractivity (Wildman–Crippen MR) is 80.0 cm³/mol. The van der Waals surface area contributed by atoms with Crippen molar-refractivity contribution in [2.24, 2.45) is 0 Å². The van der Waals surface area contributed by atoms with Crippen molar-refractivity contribution in [1.29, 1.82) is 0 Å². The molecule has 2 unspecified atom stereocenters. The molecule has 1 aromatic carbocycles. The number of amides is 1.